The van der Waals surface area contributed by atoms with E-state index in [0.29, 0.717) is 6.07 Å². The highest BCUT2D eigenvalue weighted by Gasteiger charge is 2.30. The summed E-state index contributed by atoms with van der Waals surface area (Å²) in [6, 6.07) is 7.28. The molecular weight excluding hydrogens is 303 g/mol. The van der Waals surface area contributed by atoms with Crippen LogP contribution in [0.3, 0.4) is 0 Å². The minimum absolute atomic E-state index is 0.166. The number of allylic oxidation sites excluding steroid dienone is 1. The van der Waals surface area contributed by atoms with Crippen molar-refractivity contribution in [3.05, 3.63) is 76.9 Å². The van der Waals surface area contributed by atoms with Crippen LogP contribution in [0.25, 0.3) is 6.08 Å². The Hall–Kier alpha value is -2.50. The predicted molar refractivity (Wildman–Crippen MR) is 71.2 cm³/mol. The van der Waals surface area contributed by atoms with Crippen molar-refractivity contribution >= 4 is 11.9 Å². The second-order valence-corrected chi connectivity index (χ2v) is 4.42. The van der Waals surface area contributed by atoms with Gasteiger partial charge in [0.05, 0.1) is 5.56 Å². The van der Waals surface area contributed by atoms with Gasteiger partial charge in [0.15, 0.2) is 17.4 Å². The number of hydrogen-bond acceptors (Lipinski definition) is 1. The Morgan fingerprint density at radius 1 is 1.00 bits per heavy atom. The molecular formula is C16H9F5O. The molecule has 0 saturated heterocycles. The highest BCUT2D eigenvalue weighted by atomic mass is 19.4. The fourth-order valence-electron chi connectivity index (χ4n) is 1.76. The first-order chi connectivity index (χ1) is 10.3. The molecule has 0 saturated carbocycles. The maximum Gasteiger partial charge on any atom is 0.416 e. The van der Waals surface area contributed by atoms with Crippen molar-refractivity contribution in [1.82, 2.24) is 0 Å². The van der Waals surface area contributed by atoms with Crippen LogP contribution in [-0.2, 0) is 6.18 Å². The zero-order valence-electron chi connectivity index (χ0n) is 11.0. The number of alkyl halides is 3. The molecule has 0 spiro atoms. The van der Waals surface area contributed by atoms with Gasteiger partial charge in [0.25, 0.3) is 0 Å². The Morgan fingerprint density at radius 2 is 1.68 bits per heavy atom. The van der Waals surface area contributed by atoms with E-state index in [1.165, 1.54) is 18.2 Å². The van der Waals surface area contributed by atoms with E-state index in [2.05, 4.69) is 0 Å². The van der Waals surface area contributed by atoms with Crippen LogP contribution in [0.15, 0.2) is 48.5 Å². The number of rotatable bonds is 3. The molecule has 0 unspecified atom stereocenters. The van der Waals surface area contributed by atoms with Crippen molar-refractivity contribution in [3.63, 3.8) is 0 Å². The van der Waals surface area contributed by atoms with E-state index < -0.39 is 29.2 Å². The fraction of sp³-hybridized carbons (Fsp3) is 0.0625. The van der Waals surface area contributed by atoms with Gasteiger partial charge in [-0.3, -0.25) is 4.79 Å². The smallest absolute Gasteiger partial charge is 0.289 e. The quantitative estimate of drug-likeness (QED) is 0.448. The Morgan fingerprint density at radius 3 is 2.36 bits per heavy atom. The normalized spacial score (nSPS) is 11.9. The number of benzene rings is 2. The number of halogens is 5. The molecule has 0 N–H and O–H groups in total. The molecule has 0 radical (unpaired) electrons. The summed E-state index contributed by atoms with van der Waals surface area (Å²) < 4.78 is 64.1. The first-order valence-corrected chi connectivity index (χ1v) is 6.13. The number of ketones is 1. The van der Waals surface area contributed by atoms with Gasteiger partial charge in [0.2, 0.25) is 0 Å². The Kier molecular flexibility index (Phi) is 4.40. The second-order valence-electron chi connectivity index (χ2n) is 4.42. The van der Waals surface area contributed by atoms with Crippen LogP contribution >= 0.6 is 0 Å². The Bertz CT molecular complexity index is 732. The van der Waals surface area contributed by atoms with E-state index in [-0.39, 0.29) is 11.1 Å². The summed E-state index contributed by atoms with van der Waals surface area (Å²) in [6.45, 7) is 0. The zero-order valence-corrected chi connectivity index (χ0v) is 11.0. The number of hydrogen-bond donors (Lipinski definition) is 0. The molecule has 0 bridgehead atoms. The van der Waals surface area contributed by atoms with Gasteiger partial charge >= 0.3 is 6.18 Å². The van der Waals surface area contributed by atoms with Gasteiger partial charge in [-0.2, -0.15) is 13.2 Å². The summed E-state index contributed by atoms with van der Waals surface area (Å²) in [5, 5.41) is 0. The van der Waals surface area contributed by atoms with Gasteiger partial charge in [-0.15, -0.1) is 0 Å². The minimum atomic E-state index is -4.56. The van der Waals surface area contributed by atoms with Gasteiger partial charge in [-0.25, -0.2) is 8.78 Å². The third-order valence-corrected chi connectivity index (χ3v) is 2.87. The number of carbonyl (C=O) groups excluding carboxylic acids is 1. The van der Waals surface area contributed by atoms with Gasteiger partial charge < -0.3 is 0 Å². The molecule has 0 aliphatic rings. The van der Waals surface area contributed by atoms with Crippen molar-refractivity contribution in [2.24, 2.45) is 0 Å². The Labute approximate surface area is 122 Å². The first-order valence-electron chi connectivity index (χ1n) is 6.13. The molecule has 2 rings (SSSR count). The van der Waals surface area contributed by atoms with Crippen molar-refractivity contribution in [3.8, 4) is 0 Å². The summed E-state index contributed by atoms with van der Waals surface area (Å²) in [5.74, 6) is -2.95. The summed E-state index contributed by atoms with van der Waals surface area (Å²) in [6.07, 6.45) is -2.65. The maximum absolute atomic E-state index is 13.4. The van der Waals surface area contributed by atoms with Gasteiger partial charge in [-0.05, 0) is 30.4 Å². The molecule has 2 aromatic carbocycles. The highest BCUT2D eigenvalue weighted by Crippen LogP contribution is 2.29. The van der Waals surface area contributed by atoms with Crippen LogP contribution in [0, 0.1) is 11.6 Å². The molecule has 0 fully saturated rings. The van der Waals surface area contributed by atoms with Crippen molar-refractivity contribution in [2.75, 3.05) is 0 Å². The van der Waals surface area contributed by atoms with Crippen LogP contribution < -0.4 is 0 Å². The average Bonchev–Trinajstić information content (AvgIpc) is 2.48. The number of carbonyl (C=O) groups is 1. The van der Waals surface area contributed by atoms with E-state index in [4.69, 9.17) is 0 Å². The monoisotopic (exact) mass is 312 g/mol. The van der Waals surface area contributed by atoms with Crippen LogP contribution in [-0.4, -0.2) is 5.78 Å². The fourth-order valence-corrected chi connectivity index (χ4v) is 1.76. The molecule has 0 heterocycles. The Balaban J connectivity index is 2.26. The van der Waals surface area contributed by atoms with Crippen LogP contribution in [0.4, 0.5) is 22.0 Å². The van der Waals surface area contributed by atoms with E-state index in [1.807, 2.05) is 0 Å². The molecule has 0 aliphatic heterocycles. The predicted octanol–water partition coefficient (Wildman–Crippen LogP) is 4.88. The first kappa shape index (κ1) is 15.9. The molecule has 0 atom stereocenters. The second kappa shape index (κ2) is 6.09. The lowest BCUT2D eigenvalue weighted by Gasteiger charge is -2.07. The lowest BCUT2D eigenvalue weighted by atomic mass is 10.1. The molecule has 2 aromatic rings. The maximum atomic E-state index is 13.4. The van der Waals surface area contributed by atoms with Gasteiger partial charge in [0, 0.05) is 11.1 Å². The average molecular weight is 312 g/mol. The van der Waals surface area contributed by atoms with Crippen LogP contribution in [0.5, 0.6) is 0 Å². The van der Waals surface area contributed by atoms with E-state index in [1.54, 1.807) is 0 Å². The molecule has 0 amide bonds. The van der Waals surface area contributed by atoms with Crippen LogP contribution in [0.2, 0.25) is 0 Å². The summed E-state index contributed by atoms with van der Waals surface area (Å²) in [4.78, 5) is 11.8. The lowest BCUT2D eigenvalue weighted by molar-refractivity contribution is -0.137. The lowest BCUT2D eigenvalue weighted by Crippen LogP contribution is -2.06. The summed E-state index contributed by atoms with van der Waals surface area (Å²) >= 11 is 0. The zero-order chi connectivity index (χ0) is 16.3. The molecule has 1 nitrogen and oxygen atoms in total. The van der Waals surface area contributed by atoms with Gasteiger partial charge in [-0.1, -0.05) is 24.3 Å². The van der Waals surface area contributed by atoms with E-state index in [0.717, 1.165) is 30.4 Å². The van der Waals surface area contributed by atoms with Crippen molar-refractivity contribution in [1.29, 1.82) is 0 Å². The van der Waals surface area contributed by atoms with Crippen LogP contribution in [0.1, 0.15) is 21.5 Å². The topological polar surface area (TPSA) is 17.1 Å². The van der Waals surface area contributed by atoms with Crippen molar-refractivity contribution in [2.45, 2.75) is 6.18 Å². The molecule has 114 valence electrons. The third-order valence-electron chi connectivity index (χ3n) is 2.87. The molecule has 22 heavy (non-hydrogen) atoms. The summed E-state index contributed by atoms with van der Waals surface area (Å²) in [5.41, 5.74) is -1.31. The molecule has 0 aliphatic carbocycles. The minimum Gasteiger partial charge on any atom is -0.289 e. The molecule has 6 heteroatoms. The standard InChI is InChI=1S/C16H9F5O/c17-13-6-2-3-10(15(13)18)7-8-14(22)11-4-1-5-12(9-11)16(19,20)21/h1-9H/b8-7+. The SMILES string of the molecule is O=C(/C=C/c1cccc(F)c1F)c1cccc(C(F)(F)F)c1. The van der Waals surface area contributed by atoms with Crippen molar-refractivity contribution < 1.29 is 26.7 Å². The van der Waals surface area contributed by atoms with Gasteiger partial charge in [0.1, 0.15) is 0 Å². The summed E-state index contributed by atoms with van der Waals surface area (Å²) in [7, 11) is 0. The highest BCUT2D eigenvalue weighted by molar-refractivity contribution is 6.06. The third kappa shape index (κ3) is 3.58. The van der Waals surface area contributed by atoms with E-state index >= 15 is 0 Å². The largest absolute Gasteiger partial charge is 0.416 e. The molecule has 0 aromatic heterocycles. The van der Waals surface area contributed by atoms with E-state index in [9.17, 15) is 26.7 Å².